The lowest BCUT2D eigenvalue weighted by atomic mass is 10.8. The minimum Gasteiger partial charge on any atom is -0.329 e. The SMILES string of the molecule is CC(N)SO. The quantitative estimate of drug-likeness (QED) is 0.366. The van der Waals surface area contributed by atoms with Crippen LogP contribution in [0.3, 0.4) is 0 Å². The third-order valence-corrected chi connectivity index (χ3v) is 0.499. The van der Waals surface area contributed by atoms with Crippen molar-refractivity contribution in [3.8, 4) is 0 Å². The van der Waals surface area contributed by atoms with Gasteiger partial charge in [-0.25, -0.2) is 0 Å². The zero-order chi connectivity index (χ0) is 4.28. The molecule has 0 saturated heterocycles. The predicted octanol–water partition coefficient (Wildman–Crippen LogP) is 0.497. The minimum absolute atomic E-state index is 0.144. The normalized spacial score (nSPS) is 15.0. The first-order valence-electron chi connectivity index (χ1n) is 1.33. The van der Waals surface area contributed by atoms with Gasteiger partial charge in [-0.05, 0) is 6.92 Å². The molecule has 0 heterocycles. The first-order chi connectivity index (χ1) is 2.27. The van der Waals surface area contributed by atoms with Gasteiger partial charge in [0.1, 0.15) is 0 Å². The standard InChI is InChI=1S/C2H7NOS/c1-2(3)5-4/h2,4H,3H2,1H3. The van der Waals surface area contributed by atoms with Crippen molar-refractivity contribution >= 4 is 12.0 Å². The Morgan fingerprint density at radius 3 is 2.20 bits per heavy atom. The fourth-order valence-electron chi connectivity index (χ4n) is 0. The van der Waals surface area contributed by atoms with E-state index in [1.165, 1.54) is 0 Å². The molecule has 1 unspecified atom stereocenters. The van der Waals surface area contributed by atoms with Gasteiger partial charge in [0.2, 0.25) is 0 Å². The van der Waals surface area contributed by atoms with E-state index in [1.807, 2.05) is 0 Å². The van der Waals surface area contributed by atoms with E-state index in [-0.39, 0.29) is 5.37 Å². The second-order valence-corrected chi connectivity index (χ2v) is 1.76. The number of hydrogen-bond donors (Lipinski definition) is 2. The van der Waals surface area contributed by atoms with Crippen molar-refractivity contribution in [1.82, 2.24) is 0 Å². The highest BCUT2D eigenvalue weighted by atomic mass is 32.2. The number of hydrogen-bond acceptors (Lipinski definition) is 3. The molecule has 1 atom stereocenters. The van der Waals surface area contributed by atoms with Crippen LogP contribution in [0.25, 0.3) is 0 Å². The minimum atomic E-state index is -0.144. The van der Waals surface area contributed by atoms with E-state index in [1.54, 1.807) is 6.92 Å². The van der Waals surface area contributed by atoms with Crippen LogP contribution in [0, 0.1) is 0 Å². The van der Waals surface area contributed by atoms with Crippen LogP contribution >= 0.6 is 12.0 Å². The summed E-state index contributed by atoms with van der Waals surface area (Å²) in [7, 11) is 0. The van der Waals surface area contributed by atoms with Gasteiger partial charge in [0.25, 0.3) is 0 Å². The molecule has 5 heavy (non-hydrogen) atoms. The molecule has 0 fully saturated rings. The van der Waals surface area contributed by atoms with Crippen LogP contribution in [0.1, 0.15) is 6.92 Å². The molecule has 0 spiro atoms. The fraction of sp³-hybridized carbons (Fsp3) is 1.00. The average Bonchev–Trinajstić information content (AvgIpc) is 1.38. The van der Waals surface area contributed by atoms with E-state index in [2.05, 4.69) is 0 Å². The molecule has 0 aromatic carbocycles. The molecule has 0 saturated carbocycles. The molecule has 0 aliphatic rings. The van der Waals surface area contributed by atoms with Gasteiger partial charge in [-0.1, -0.05) is 0 Å². The van der Waals surface area contributed by atoms with Gasteiger partial charge in [0.05, 0.1) is 5.37 Å². The Morgan fingerprint density at radius 1 is 2.00 bits per heavy atom. The second-order valence-electron chi connectivity index (χ2n) is 0.811. The van der Waals surface area contributed by atoms with Gasteiger partial charge in [-0.2, -0.15) is 0 Å². The monoisotopic (exact) mass is 93.0 g/mol. The van der Waals surface area contributed by atoms with Gasteiger partial charge in [0.15, 0.2) is 0 Å². The Hall–Kier alpha value is 0.270. The summed E-state index contributed by atoms with van der Waals surface area (Å²) < 4.78 is 7.94. The maximum atomic E-state index is 7.94. The van der Waals surface area contributed by atoms with Crippen LogP contribution in [0.4, 0.5) is 0 Å². The van der Waals surface area contributed by atoms with Crippen LogP contribution in [0.5, 0.6) is 0 Å². The summed E-state index contributed by atoms with van der Waals surface area (Å²) in [5.41, 5.74) is 5.00. The molecule has 0 aromatic heterocycles. The predicted molar refractivity (Wildman–Crippen MR) is 23.9 cm³/mol. The van der Waals surface area contributed by atoms with E-state index >= 15 is 0 Å². The van der Waals surface area contributed by atoms with Crippen LogP contribution < -0.4 is 5.73 Å². The first kappa shape index (κ1) is 5.27. The van der Waals surface area contributed by atoms with Crippen molar-refractivity contribution in [2.24, 2.45) is 5.73 Å². The molecule has 0 aliphatic heterocycles. The Kier molecular flexibility index (Phi) is 2.64. The summed E-state index contributed by atoms with van der Waals surface area (Å²) in [5.74, 6) is 0. The van der Waals surface area contributed by atoms with Crippen molar-refractivity contribution in [3.63, 3.8) is 0 Å². The topological polar surface area (TPSA) is 46.2 Å². The molecule has 0 rings (SSSR count). The highest BCUT2D eigenvalue weighted by Gasteiger charge is 1.82. The van der Waals surface area contributed by atoms with E-state index in [4.69, 9.17) is 10.3 Å². The Morgan fingerprint density at radius 2 is 2.20 bits per heavy atom. The van der Waals surface area contributed by atoms with E-state index in [0.717, 1.165) is 0 Å². The summed E-state index contributed by atoms with van der Waals surface area (Å²) in [4.78, 5) is 0. The Bertz CT molecular complexity index is 23.6. The van der Waals surface area contributed by atoms with Crippen molar-refractivity contribution in [3.05, 3.63) is 0 Å². The summed E-state index contributed by atoms with van der Waals surface area (Å²) >= 11 is 0.657. The largest absolute Gasteiger partial charge is 0.329 e. The van der Waals surface area contributed by atoms with Gasteiger partial charge in [-0.15, -0.1) is 0 Å². The first-order valence-corrected chi connectivity index (χ1v) is 2.17. The number of nitrogens with two attached hydrogens (primary N) is 1. The molecule has 3 N–H and O–H groups in total. The fourth-order valence-corrected chi connectivity index (χ4v) is 0. The number of rotatable bonds is 1. The van der Waals surface area contributed by atoms with Crippen molar-refractivity contribution in [1.29, 1.82) is 0 Å². The van der Waals surface area contributed by atoms with Gasteiger partial charge >= 0.3 is 0 Å². The second kappa shape index (κ2) is 2.50. The molecule has 0 bridgehead atoms. The van der Waals surface area contributed by atoms with Crippen LogP contribution in [-0.4, -0.2) is 9.93 Å². The van der Waals surface area contributed by atoms with Gasteiger partial charge < -0.3 is 10.3 Å². The molecule has 0 amide bonds. The molecular formula is C2H7NOS. The third kappa shape index (κ3) is 4.27. The zero-order valence-electron chi connectivity index (χ0n) is 3.01. The van der Waals surface area contributed by atoms with Crippen molar-refractivity contribution in [2.75, 3.05) is 0 Å². The van der Waals surface area contributed by atoms with Crippen LogP contribution in [0.2, 0.25) is 0 Å². The zero-order valence-corrected chi connectivity index (χ0v) is 3.83. The van der Waals surface area contributed by atoms with E-state index in [9.17, 15) is 0 Å². The van der Waals surface area contributed by atoms with Crippen molar-refractivity contribution < 1.29 is 4.55 Å². The Labute approximate surface area is 35.6 Å². The molecule has 3 heteroatoms. The summed E-state index contributed by atoms with van der Waals surface area (Å²) in [5, 5.41) is -0.144. The van der Waals surface area contributed by atoms with Gasteiger partial charge in [-0.3, -0.25) is 0 Å². The summed E-state index contributed by atoms with van der Waals surface area (Å²) in [6.45, 7) is 1.71. The maximum Gasteiger partial charge on any atom is 0.0742 e. The highest BCUT2D eigenvalue weighted by Crippen LogP contribution is 1.92. The molecule has 0 aliphatic carbocycles. The average molecular weight is 93.2 g/mol. The third-order valence-electron chi connectivity index (χ3n) is 0.166. The lowest BCUT2D eigenvalue weighted by Crippen LogP contribution is -2.07. The van der Waals surface area contributed by atoms with Crippen LogP contribution in [0.15, 0.2) is 0 Å². The molecule has 2 nitrogen and oxygen atoms in total. The molecule has 0 radical (unpaired) electrons. The summed E-state index contributed by atoms with van der Waals surface area (Å²) in [6.07, 6.45) is 0. The summed E-state index contributed by atoms with van der Waals surface area (Å²) in [6, 6.07) is 0. The molecule has 32 valence electrons. The maximum absolute atomic E-state index is 7.94. The smallest absolute Gasteiger partial charge is 0.0742 e. The van der Waals surface area contributed by atoms with E-state index in [0.29, 0.717) is 12.0 Å². The van der Waals surface area contributed by atoms with E-state index < -0.39 is 0 Å². The molecule has 0 aromatic rings. The van der Waals surface area contributed by atoms with Gasteiger partial charge in [0, 0.05) is 12.0 Å². The van der Waals surface area contributed by atoms with Crippen molar-refractivity contribution in [2.45, 2.75) is 12.3 Å². The molecular weight excluding hydrogens is 86.1 g/mol. The lowest BCUT2D eigenvalue weighted by molar-refractivity contribution is 0.653. The van der Waals surface area contributed by atoms with Crippen LogP contribution in [-0.2, 0) is 0 Å². The highest BCUT2D eigenvalue weighted by molar-refractivity contribution is 7.94. The lowest BCUT2D eigenvalue weighted by Gasteiger charge is -1.89. The Balaban J connectivity index is 2.54.